The minimum atomic E-state index is -0.274. The molecule has 0 spiro atoms. The summed E-state index contributed by atoms with van der Waals surface area (Å²) in [6.07, 6.45) is 3.44. The van der Waals surface area contributed by atoms with E-state index in [4.69, 9.17) is 4.74 Å². The highest BCUT2D eigenvalue weighted by molar-refractivity contribution is 7.21. The Balaban J connectivity index is 2.10. The summed E-state index contributed by atoms with van der Waals surface area (Å²) in [7, 11) is 1.62. The first-order chi connectivity index (χ1) is 11.2. The van der Waals surface area contributed by atoms with Gasteiger partial charge in [0.15, 0.2) is 5.13 Å². The molecule has 6 heteroatoms. The van der Waals surface area contributed by atoms with Crippen LogP contribution in [0.2, 0.25) is 0 Å². The number of rotatable bonds is 5. The maximum atomic E-state index is 12.2. The number of hydrogen-bond acceptors (Lipinski definition) is 6. The molecule has 0 bridgehead atoms. The van der Waals surface area contributed by atoms with Crippen molar-refractivity contribution < 1.29 is 4.74 Å². The summed E-state index contributed by atoms with van der Waals surface area (Å²) in [4.78, 5) is 23.3. The van der Waals surface area contributed by atoms with Gasteiger partial charge in [0.05, 0.1) is 12.5 Å². The van der Waals surface area contributed by atoms with Crippen molar-refractivity contribution in [3.8, 4) is 5.75 Å². The van der Waals surface area contributed by atoms with Crippen LogP contribution in [0.5, 0.6) is 5.75 Å². The van der Waals surface area contributed by atoms with E-state index in [1.54, 1.807) is 31.5 Å². The molecule has 0 saturated heterocycles. The highest BCUT2D eigenvalue weighted by atomic mass is 32.1. The van der Waals surface area contributed by atoms with Crippen molar-refractivity contribution in [2.45, 2.75) is 0 Å². The molecule has 1 aromatic carbocycles. The van der Waals surface area contributed by atoms with E-state index in [9.17, 15) is 4.79 Å². The molecular weight excluding hydrogens is 310 g/mol. The van der Waals surface area contributed by atoms with Crippen LogP contribution in [0.4, 0.5) is 10.8 Å². The molecule has 5 nitrogen and oxygen atoms in total. The fraction of sp³-hybridized carbons (Fsp3) is 0.118. The molecule has 2 aromatic heterocycles. The Labute approximate surface area is 137 Å². The molecule has 0 amide bonds. The van der Waals surface area contributed by atoms with Crippen LogP contribution in [0.1, 0.15) is 0 Å². The van der Waals surface area contributed by atoms with E-state index < -0.39 is 0 Å². The van der Waals surface area contributed by atoms with Gasteiger partial charge >= 0.3 is 0 Å². The first-order valence-corrected chi connectivity index (χ1v) is 7.83. The van der Waals surface area contributed by atoms with Crippen molar-refractivity contribution in [3.63, 3.8) is 0 Å². The van der Waals surface area contributed by atoms with Crippen LogP contribution < -0.4 is 15.2 Å². The number of methoxy groups -OCH3 is 1. The summed E-state index contributed by atoms with van der Waals surface area (Å²) in [6.45, 7) is 4.32. The van der Waals surface area contributed by atoms with Gasteiger partial charge in [-0.1, -0.05) is 17.4 Å². The van der Waals surface area contributed by atoms with Crippen LogP contribution >= 0.6 is 11.3 Å². The van der Waals surface area contributed by atoms with Gasteiger partial charge in [0.2, 0.25) is 0 Å². The summed E-state index contributed by atoms with van der Waals surface area (Å²) in [6, 6.07) is 11.1. The average molecular weight is 325 g/mol. The van der Waals surface area contributed by atoms with Crippen LogP contribution in [-0.4, -0.2) is 23.6 Å². The van der Waals surface area contributed by atoms with Crippen molar-refractivity contribution in [2.24, 2.45) is 0 Å². The largest absolute Gasteiger partial charge is 0.497 e. The number of pyridine rings is 1. The first kappa shape index (κ1) is 15.2. The highest BCUT2D eigenvalue weighted by Crippen LogP contribution is 2.29. The third-order valence-electron chi connectivity index (χ3n) is 3.31. The Morgan fingerprint density at radius 2 is 2.09 bits per heavy atom. The Kier molecular flexibility index (Phi) is 4.34. The molecular formula is C17H15N3O2S. The normalized spacial score (nSPS) is 10.5. The lowest BCUT2D eigenvalue weighted by molar-refractivity contribution is 0.415. The second kappa shape index (κ2) is 6.58. The molecule has 0 aliphatic heterocycles. The van der Waals surface area contributed by atoms with Gasteiger partial charge in [-0.05, 0) is 36.4 Å². The van der Waals surface area contributed by atoms with Gasteiger partial charge in [0, 0.05) is 18.4 Å². The SMILES string of the molecule is C=CCN(c1ccc(OC)cc1)c1nc(=O)c2cccnc2s1. The quantitative estimate of drug-likeness (QED) is 0.673. The molecule has 2 heterocycles. The molecule has 0 aliphatic rings. The van der Waals surface area contributed by atoms with Crippen molar-refractivity contribution >= 4 is 32.4 Å². The molecule has 3 rings (SSSR count). The van der Waals surface area contributed by atoms with Gasteiger partial charge in [0.1, 0.15) is 10.6 Å². The lowest BCUT2D eigenvalue weighted by Gasteiger charge is -2.21. The van der Waals surface area contributed by atoms with E-state index in [0.29, 0.717) is 21.9 Å². The minimum absolute atomic E-state index is 0.274. The van der Waals surface area contributed by atoms with E-state index >= 15 is 0 Å². The van der Waals surface area contributed by atoms with E-state index in [1.807, 2.05) is 29.2 Å². The van der Waals surface area contributed by atoms with Crippen LogP contribution in [0.3, 0.4) is 0 Å². The number of ether oxygens (including phenoxy) is 1. The van der Waals surface area contributed by atoms with Crippen LogP contribution in [-0.2, 0) is 0 Å². The van der Waals surface area contributed by atoms with Gasteiger partial charge in [-0.15, -0.1) is 6.58 Å². The van der Waals surface area contributed by atoms with Crippen LogP contribution in [0.15, 0.2) is 60.0 Å². The Morgan fingerprint density at radius 3 is 2.78 bits per heavy atom. The minimum Gasteiger partial charge on any atom is -0.497 e. The molecule has 116 valence electrons. The second-order valence-electron chi connectivity index (χ2n) is 4.76. The Bertz CT molecular complexity index is 890. The maximum absolute atomic E-state index is 12.2. The van der Waals surface area contributed by atoms with E-state index in [0.717, 1.165) is 11.4 Å². The molecule has 23 heavy (non-hydrogen) atoms. The monoisotopic (exact) mass is 325 g/mol. The number of benzene rings is 1. The van der Waals surface area contributed by atoms with Crippen molar-refractivity contribution in [2.75, 3.05) is 18.6 Å². The topological polar surface area (TPSA) is 55.3 Å². The molecule has 0 aliphatic carbocycles. The van der Waals surface area contributed by atoms with E-state index in [-0.39, 0.29) is 5.56 Å². The van der Waals surface area contributed by atoms with Crippen molar-refractivity contribution in [3.05, 3.63) is 65.6 Å². The summed E-state index contributed by atoms with van der Waals surface area (Å²) in [5.41, 5.74) is 0.633. The summed E-state index contributed by atoms with van der Waals surface area (Å²) in [5.74, 6) is 0.772. The summed E-state index contributed by atoms with van der Waals surface area (Å²) in [5, 5.41) is 1.13. The van der Waals surface area contributed by atoms with Gasteiger partial charge in [-0.2, -0.15) is 4.98 Å². The molecule has 0 saturated carbocycles. The number of nitrogens with zero attached hydrogens (tertiary/aromatic N) is 3. The van der Waals surface area contributed by atoms with Crippen LogP contribution in [0.25, 0.3) is 10.2 Å². The molecule has 0 atom stereocenters. The van der Waals surface area contributed by atoms with Gasteiger partial charge in [-0.3, -0.25) is 4.79 Å². The second-order valence-corrected chi connectivity index (χ2v) is 5.71. The Hall–Kier alpha value is -2.73. The van der Waals surface area contributed by atoms with Gasteiger partial charge in [0.25, 0.3) is 5.56 Å². The van der Waals surface area contributed by atoms with Gasteiger partial charge in [-0.25, -0.2) is 4.98 Å². The predicted molar refractivity (Wildman–Crippen MR) is 93.9 cm³/mol. The van der Waals surface area contributed by atoms with Crippen LogP contribution in [0, 0.1) is 0 Å². The fourth-order valence-electron chi connectivity index (χ4n) is 2.19. The molecule has 0 fully saturated rings. The maximum Gasteiger partial charge on any atom is 0.282 e. The van der Waals surface area contributed by atoms with Crippen molar-refractivity contribution in [1.82, 2.24) is 9.97 Å². The lowest BCUT2D eigenvalue weighted by Crippen LogP contribution is -2.20. The smallest absolute Gasteiger partial charge is 0.282 e. The average Bonchev–Trinajstić information content (AvgIpc) is 2.60. The zero-order valence-corrected chi connectivity index (χ0v) is 13.4. The zero-order valence-electron chi connectivity index (χ0n) is 12.6. The third-order valence-corrected chi connectivity index (χ3v) is 4.33. The lowest BCUT2D eigenvalue weighted by atomic mass is 10.3. The van der Waals surface area contributed by atoms with E-state index in [2.05, 4.69) is 16.5 Å². The van der Waals surface area contributed by atoms with Crippen molar-refractivity contribution in [1.29, 1.82) is 0 Å². The number of fused-ring (bicyclic) bond motifs is 1. The number of hydrogen-bond donors (Lipinski definition) is 0. The molecule has 0 radical (unpaired) electrons. The predicted octanol–water partition coefficient (Wildman–Crippen LogP) is 3.38. The third kappa shape index (κ3) is 3.07. The molecule has 0 unspecified atom stereocenters. The highest BCUT2D eigenvalue weighted by Gasteiger charge is 2.13. The molecule has 0 N–H and O–H groups in total. The molecule has 3 aromatic rings. The standard InChI is InChI=1S/C17H15N3O2S/c1-3-11-20(12-6-8-13(22-2)9-7-12)17-19-15(21)14-5-4-10-18-16(14)23-17/h3-10H,1,11H2,2H3. The van der Waals surface area contributed by atoms with E-state index in [1.165, 1.54) is 11.3 Å². The summed E-state index contributed by atoms with van der Waals surface area (Å²) >= 11 is 1.38. The number of aromatic nitrogens is 2. The Morgan fingerprint density at radius 1 is 1.30 bits per heavy atom. The zero-order chi connectivity index (χ0) is 16.2. The number of anilines is 2. The fourth-order valence-corrected chi connectivity index (χ4v) is 3.16. The van der Waals surface area contributed by atoms with Gasteiger partial charge < -0.3 is 9.64 Å². The summed E-state index contributed by atoms with van der Waals surface area (Å²) < 4.78 is 5.18. The first-order valence-electron chi connectivity index (χ1n) is 7.01.